The molecule has 0 atom stereocenters. The minimum Gasteiger partial charge on any atom is -0.355 e. The lowest BCUT2D eigenvalue weighted by Crippen LogP contribution is -1.87. The topological polar surface area (TPSA) is 57.4 Å². The zero-order valence-corrected chi connectivity index (χ0v) is 27.6. The summed E-state index contributed by atoms with van der Waals surface area (Å²) in [6, 6.07) is 9.24. The van der Waals surface area contributed by atoms with Gasteiger partial charge in [0, 0.05) is 39.4 Å². The van der Waals surface area contributed by atoms with Gasteiger partial charge in [-0.1, -0.05) is 55.4 Å². The van der Waals surface area contributed by atoms with Crippen LogP contribution < -0.4 is 0 Å². The predicted molar refractivity (Wildman–Crippen MR) is 179 cm³/mol. The highest BCUT2D eigenvalue weighted by atomic mass is 27.0. The van der Waals surface area contributed by atoms with E-state index in [-0.39, 0.29) is 17.4 Å². The summed E-state index contributed by atoms with van der Waals surface area (Å²) < 4.78 is 0. The molecule has 0 spiro atoms. The first kappa shape index (κ1) is 31.1. The summed E-state index contributed by atoms with van der Waals surface area (Å²) >= 11 is 0. The number of nitrogens with one attached hydrogen (secondary N) is 2. The van der Waals surface area contributed by atoms with Crippen molar-refractivity contribution in [1.82, 2.24) is 19.9 Å². The summed E-state index contributed by atoms with van der Waals surface area (Å²) in [7, 11) is 0. The maximum absolute atomic E-state index is 5.28. The number of aromatic amines is 2. The summed E-state index contributed by atoms with van der Waals surface area (Å²) in [6.07, 6.45) is 7.84. The lowest BCUT2D eigenvalue weighted by Gasteiger charge is -2.04. The van der Waals surface area contributed by atoms with Crippen molar-refractivity contribution in [2.45, 2.75) is 107 Å². The number of rotatable bonds is 8. The molecule has 2 aliphatic heterocycles. The maximum atomic E-state index is 5.28. The van der Waals surface area contributed by atoms with Crippen LogP contribution in [-0.4, -0.2) is 37.3 Å². The van der Waals surface area contributed by atoms with Crippen LogP contribution in [0.3, 0.4) is 0 Å². The molecule has 5 heterocycles. The van der Waals surface area contributed by atoms with Crippen molar-refractivity contribution in [3.05, 3.63) is 69.3 Å². The van der Waals surface area contributed by atoms with Crippen molar-refractivity contribution >= 4 is 61.7 Å². The van der Waals surface area contributed by atoms with E-state index in [1.54, 1.807) is 0 Å². The largest absolute Gasteiger partial charge is 0.355 e. The Morgan fingerprint density at radius 3 is 0.927 bits per heavy atom. The van der Waals surface area contributed by atoms with Crippen molar-refractivity contribution in [2.75, 3.05) is 0 Å². The Balaban J connectivity index is 0.00000387. The van der Waals surface area contributed by atoms with E-state index in [1.165, 1.54) is 66.6 Å². The van der Waals surface area contributed by atoms with Gasteiger partial charge in [-0.15, -0.1) is 0 Å². The van der Waals surface area contributed by atoms with Crippen LogP contribution in [0.25, 0.3) is 44.4 Å². The Hall–Kier alpha value is -2.87. The predicted octanol–water partition coefficient (Wildman–Crippen LogP) is 9.65. The molecule has 5 rings (SSSR count). The van der Waals surface area contributed by atoms with Gasteiger partial charge < -0.3 is 9.97 Å². The summed E-state index contributed by atoms with van der Waals surface area (Å²) in [6.45, 7) is 18.1. The molecule has 41 heavy (non-hydrogen) atoms. The van der Waals surface area contributed by atoms with E-state index in [0.717, 1.165) is 74.1 Å². The fourth-order valence-corrected chi connectivity index (χ4v) is 7.10. The molecule has 0 aliphatic carbocycles. The second-order valence-corrected chi connectivity index (χ2v) is 10.9. The van der Waals surface area contributed by atoms with Gasteiger partial charge in [0.2, 0.25) is 0 Å². The highest BCUT2D eigenvalue weighted by molar-refractivity contribution is 5.96. The van der Waals surface area contributed by atoms with Crippen molar-refractivity contribution < 1.29 is 0 Å². The van der Waals surface area contributed by atoms with E-state index >= 15 is 0 Å². The fourth-order valence-electron chi connectivity index (χ4n) is 7.10. The minimum absolute atomic E-state index is 0. The van der Waals surface area contributed by atoms with Gasteiger partial charge in [-0.25, -0.2) is 9.97 Å². The normalized spacial score (nSPS) is 13.3. The van der Waals surface area contributed by atoms with Gasteiger partial charge >= 0.3 is 0 Å². The smallest absolute Gasteiger partial charge is 0.0694 e. The molecule has 213 valence electrons. The summed E-state index contributed by atoms with van der Waals surface area (Å²) in [4.78, 5) is 18.2. The molecule has 0 aromatic carbocycles. The van der Waals surface area contributed by atoms with Gasteiger partial charge in [-0.3, -0.25) is 0 Å². The number of hydrogen-bond acceptors (Lipinski definition) is 2. The first-order valence-corrected chi connectivity index (χ1v) is 15.7. The van der Waals surface area contributed by atoms with E-state index in [4.69, 9.17) is 9.97 Å². The lowest BCUT2D eigenvalue weighted by molar-refractivity contribution is 1.07. The summed E-state index contributed by atoms with van der Waals surface area (Å²) in [5.74, 6) is 0. The standard InChI is InChI=1S/C36H46N4.Al/c1-9-21-22(10-2)30-18-32-25(13-5)26(14-6)34(39-32)20-36-28(16-8)27(15-7)35(40-36)19-33-24(12-4)23(11-3)31(38-33)17-29(21)37-30;/h17-20,37-38H,9-16H2,1-8H3;. The van der Waals surface area contributed by atoms with E-state index in [1.807, 2.05) is 0 Å². The van der Waals surface area contributed by atoms with Crippen LogP contribution in [-0.2, 0) is 25.7 Å². The summed E-state index contributed by atoms with van der Waals surface area (Å²) in [5, 5.41) is 0. The van der Waals surface area contributed by atoms with Gasteiger partial charge in [-0.2, -0.15) is 0 Å². The van der Waals surface area contributed by atoms with Gasteiger partial charge in [-0.05, 0) is 120 Å². The molecule has 0 unspecified atom stereocenters. The highest BCUT2D eigenvalue weighted by Crippen LogP contribution is 2.39. The van der Waals surface area contributed by atoms with Crippen LogP contribution in [0.2, 0.25) is 0 Å². The fraction of sp³-hybridized carbons (Fsp3) is 0.444. The molecular weight excluding hydrogens is 515 g/mol. The quantitative estimate of drug-likeness (QED) is 0.269. The zero-order valence-electron chi connectivity index (χ0n) is 26.4. The van der Waals surface area contributed by atoms with Crippen molar-refractivity contribution in [3.8, 4) is 0 Å². The first-order valence-electron chi connectivity index (χ1n) is 15.7. The summed E-state index contributed by atoms with van der Waals surface area (Å²) in [5.41, 5.74) is 20.2. The minimum atomic E-state index is 0. The van der Waals surface area contributed by atoms with Crippen LogP contribution >= 0.6 is 0 Å². The second-order valence-electron chi connectivity index (χ2n) is 10.9. The van der Waals surface area contributed by atoms with Crippen LogP contribution in [0.4, 0.5) is 0 Å². The number of H-pyrrole nitrogens is 2. The zero-order chi connectivity index (χ0) is 28.6. The van der Waals surface area contributed by atoms with E-state index in [2.05, 4.69) is 89.6 Å². The van der Waals surface area contributed by atoms with Gasteiger partial charge in [0.1, 0.15) is 0 Å². The average Bonchev–Trinajstić information content (AvgIpc) is 3.67. The number of allylic oxidation sites excluding steroid dienone is 4. The molecule has 4 nitrogen and oxygen atoms in total. The molecule has 3 aromatic rings. The van der Waals surface area contributed by atoms with Crippen molar-refractivity contribution in [1.29, 1.82) is 0 Å². The molecule has 0 fully saturated rings. The van der Waals surface area contributed by atoms with Crippen LogP contribution in [0, 0.1) is 0 Å². The monoisotopic (exact) mass is 561 g/mol. The lowest BCUT2D eigenvalue weighted by atomic mass is 9.97. The Morgan fingerprint density at radius 2 is 0.659 bits per heavy atom. The molecule has 0 amide bonds. The Labute approximate surface area is 257 Å². The van der Waals surface area contributed by atoms with Crippen LogP contribution in [0.15, 0.2) is 24.3 Å². The SMILES string of the molecule is CCC1=C(CC)c2cc3[nH]c(cc4[nH]c(cc5nc(cc1n2)C(CC)=C5CC)c(CC)c4CC)c(CC)c3CC.[Al]. The number of aromatic nitrogens is 4. The van der Waals surface area contributed by atoms with Crippen LogP contribution in [0.1, 0.15) is 126 Å². The average molecular weight is 562 g/mol. The highest BCUT2D eigenvalue weighted by Gasteiger charge is 2.22. The molecule has 0 saturated carbocycles. The number of fused-ring (bicyclic) bond motifs is 8. The van der Waals surface area contributed by atoms with Gasteiger partial charge in [0.05, 0.1) is 22.8 Å². The Morgan fingerprint density at radius 1 is 0.390 bits per heavy atom. The number of aryl methyl sites for hydroxylation is 4. The third kappa shape index (κ3) is 5.28. The third-order valence-corrected chi connectivity index (χ3v) is 8.97. The molecule has 5 heteroatoms. The Bertz CT molecular complexity index is 1560. The van der Waals surface area contributed by atoms with Crippen molar-refractivity contribution in [2.24, 2.45) is 0 Å². The molecule has 3 radical (unpaired) electrons. The molecular formula is C36H46AlN4. The van der Waals surface area contributed by atoms with Gasteiger partial charge in [0.25, 0.3) is 0 Å². The van der Waals surface area contributed by atoms with E-state index < -0.39 is 0 Å². The molecule has 8 bridgehead atoms. The van der Waals surface area contributed by atoms with E-state index in [0.29, 0.717) is 0 Å². The molecule has 0 saturated heterocycles. The third-order valence-electron chi connectivity index (χ3n) is 8.97. The van der Waals surface area contributed by atoms with Crippen molar-refractivity contribution in [3.63, 3.8) is 0 Å². The van der Waals surface area contributed by atoms with Gasteiger partial charge in [0.15, 0.2) is 0 Å². The van der Waals surface area contributed by atoms with Crippen LogP contribution in [0.5, 0.6) is 0 Å². The Kier molecular flexibility index (Phi) is 9.83. The number of hydrogen-bond donors (Lipinski definition) is 2. The number of nitrogens with zero attached hydrogens (tertiary/aromatic N) is 2. The molecule has 3 aromatic heterocycles. The van der Waals surface area contributed by atoms with E-state index in [9.17, 15) is 0 Å². The molecule has 2 N–H and O–H groups in total. The molecule has 2 aliphatic rings. The second kappa shape index (κ2) is 13.0. The maximum Gasteiger partial charge on any atom is 0.0694 e. The first-order chi connectivity index (χ1) is 19.5.